The molecule has 3 N–H and O–H groups in total. The lowest BCUT2D eigenvalue weighted by atomic mass is 10.5. The molecule has 0 fully saturated rings. The molecule has 0 heterocycles. The molecule has 0 aliphatic heterocycles. The fraction of sp³-hybridized carbons (Fsp3) is 1.00. The van der Waals surface area contributed by atoms with Crippen LogP contribution < -0.4 is 11.1 Å². The molecule has 3 heteroatoms. The number of thioether (sulfide) groups is 1. The maximum absolute atomic E-state index is 5.45. The van der Waals surface area contributed by atoms with Crippen LogP contribution in [0.2, 0.25) is 0 Å². The number of nitrogens with one attached hydrogen (secondary N) is 1. The summed E-state index contributed by atoms with van der Waals surface area (Å²) in [4.78, 5) is 0. The van der Waals surface area contributed by atoms with Crippen LogP contribution in [0.4, 0.5) is 0 Å². The molecular formula is C7H18N2S. The minimum absolute atomic E-state index is 0.610. The zero-order valence-electron chi connectivity index (χ0n) is 6.89. The van der Waals surface area contributed by atoms with Gasteiger partial charge in [0.2, 0.25) is 0 Å². The van der Waals surface area contributed by atoms with E-state index in [4.69, 9.17) is 5.73 Å². The summed E-state index contributed by atoms with van der Waals surface area (Å²) in [5.41, 5.74) is 5.45. The van der Waals surface area contributed by atoms with Crippen LogP contribution in [0.25, 0.3) is 0 Å². The van der Waals surface area contributed by atoms with E-state index in [-0.39, 0.29) is 0 Å². The third kappa shape index (κ3) is 6.39. The van der Waals surface area contributed by atoms with Gasteiger partial charge in [0.15, 0.2) is 0 Å². The number of rotatable bonds is 6. The zero-order chi connectivity index (χ0) is 7.82. The molecule has 0 amide bonds. The summed E-state index contributed by atoms with van der Waals surface area (Å²) in [7, 11) is 0. The Kier molecular flexibility index (Phi) is 7.58. The first-order chi connectivity index (χ1) is 4.81. The van der Waals surface area contributed by atoms with Crippen molar-refractivity contribution in [3.63, 3.8) is 0 Å². The van der Waals surface area contributed by atoms with Gasteiger partial charge in [-0.2, -0.15) is 11.8 Å². The van der Waals surface area contributed by atoms with E-state index in [1.165, 1.54) is 5.75 Å². The molecule has 0 spiro atoms. The minimum Gasteiger partial charge on any atom is -0.329 e. The number of hydrogen-bond donors (Lipinski definition) is 2. The Bertz CT molecular complexity index is 68.6. The molecule has 0 aromatic heterocycles. The van der Waals surface area contributed by atoms with Crippen molar-refractivity contribution in [1.29, 1.82) is 0 Å². The molecule has 0 aromatic carbocycles. The third-order valence-electron chi connectivity index (χ3n) is 1.26. The Morgan fingerprint density at radius 1 is 1.60 bits per heavy atom. The van der Waals surface area contributed by atoms with Gasteiger partial charge in [-0.3, -0.25) is 0 Å². The van der Waals surface area contributed by atoms with Gasteiger partial charge in [0.05, 0.1) is 0 Å². The van der Waals surface area contributed by atoms with Gasteiger partial charge in [-0.15, -0.1) is 0 Å². The Hall–Kier alpha value is 0.270. The van der Waals surface area contributed by atoms with Crippen molar-refractivity contribution < 1.29 is 0 Å². The van der Waals surface area contributed by atoms with E-state index < -0.39 is 0 Å². The molecular weight excluding hydrogens is 144 g/mol. The second-order valence-electron chi connectivity index (χ2n) is 2.27. The fourth-order valence-corrected chi connectivity index (χ4v) is 1.38. The lowest BCUT2D eigenvalue weighted by Crippen LogP contribution is -2.19. The summed E-state index contributed by atoms with van der Waals surface area (Å²) in [6.45, 7) is 7.24. The molecule has 0 aliphatic carbocycles. The first-order valence-electron chi connectivity index (χ1n) is 3.83. The molecule has 62 valence electrons. The maximum Gasteiger partial charge on any atom is 0.0142 e. The van der Waals surface area contributed by atoms with Gasteiger partial charge in [0.1, 0.15) is 0 Å². The lowest BCUT2D eigenvalue weighted by molar-refractivity contribution is 0.766. The van der Waals surface area contributed by atoms with Gasteiger partial charge in [0.25, 0.3) is 0 Å². The van der Waals surface area contributed by atoms with Crippen LogP contribution >= 0.6 is 11.8 Å². The predicted molar refractivity (Wildman–Crippen MR) is 49.5 cm³/mol. The summed E-state index contributed by atoms with van der Waals surface area (Å²) in [5.74, 6) is 1.17. The van der Waals surface area contributed by atoms with Crippen LogP contribution in [0.5, 0.6) is 0 Å². The first kappa shape index (κ1) is 10.3. The molecule has 0 radical (unpaired) electrons. The molecule has 0 saturated carbocycles. The highest BCUT2D eigenvalue weighted by Crippen LogP contribution is 2.06. The molecule has 0 aliphatic rings. The molecule has 1 unspecified atom stereocenters. The summed E-state index contributed by atoms with van der Waals surface area (Å²) < 4.78 is 0. The standard InChI is InChI=1S/C7H18N2S/c1-3-9-4-5-10-7(2)6-8/h7,9H,3-6,8H2,1-2H3. The van der Waals surface area contributed by atoms with Crippen LogP contribution in [0.15, 0.2) is 0 Å². The van der Waals surface area contributed by atoms with Gasteiger partial charge in [-0.25, -0.2) is 0 Å². The second-order valence-corrected chi connectivity index (χ2v) is 3.82. The smallest absolute Gasteiger partial charge is 0.0142 e. The Morgan fingerprint density at radius 3 is 2.80 bits per heavy atom. The lowest BCUT2D eigenvalue weighted by Gasteiger charge is -2.07. The maximum atomic E-state index is 5.45. The van der Waals surface area contributed by atoms with E-state index in [2.05, 4.69) is 19.2 Å². The average Bonchev–Trinajstić information content (AvgIpc) is 1.98. The highest BCUT2D eigenvalue weighted by molar-refractivity contribution is 7.99. The van der Waals surface area contributed by atoms with Crippen molar-refractivity contribution in [2.75, 3.05) is 25.4 Å². The van der Waals surface area contributed by atoms with Crippen LogP contribution in [-0.4, -0.2) is 30.6 Å². The number of nitrogens with two attached hydrogens (primary N) is 1. The minimum atomic E-state index is 0.610. The normalized spacial score (nSPS) is 13.5. The van der Waals surface area contributed by atoms with E-state index in [1.807, 2.05) is 11.8 Å². The largest absolute Gasteiger partial charge is 0.329 e. The molecule has 0 bridgehead atoms. The molecule has 0 saturated heterocycles. The van der Waals surface area contributed by atoms with Gasteiger partial charge in [0, 0.05) is 24.1 Å². The SMILES string of the molecule is CCNCCSC(C)CN. The predicted octanol–water partition coefficient (Wildman–Crippen LogP) is 0.676. The summed E-state index contributed by atoms with van der Waals surface area (Å²) in [6, 6.07) is 0. The highest BCUT2D eigenvalue weighted by atomic mass is 32.2. The van der Waals surface area contributed by atoms with Crippen LogP contribution in [0.1, 0.15) is 13.8 Å². The topological polar surface area (TPSA) is 38.0 Å². The monoisotopic (exact) mass is 162 g/mol. The second kappa shape index (κ2) is 7.38. The van der Waals surface area contributed by atoms with E-state index in [0.717, 1.165) is 19.6 Å². The van der Waals surface area contributed by atoms with Gasteiger partial charge in [-0.1, -0.05) is 13.8 Å². The quantitative estimate of drug-likeness (QED) is 0.564. The van der Waals surface area contributed by atoms with E-state index in [9.17, 15) is 0 Å². The first-order valence-corrected chi connectivity index (χ1v) is 4.88. The van der Waals surface area contributed by atoms with E-state index in [0.29, 0.717) is 5.25 Å². The van der Waals surface area contributed by atoms with E-state index >= 15 is 0 Å². The van der Waals surface area contributed by atoms with Gasteiger partial charge < -0.3 is 11.1 Å². The van der Waals surface area contributed by atoms with E-state index in [1.54, 1.807) is 0 Å². The molecule has 1 atom stereocenters. The Balaban J connectivity index is 2.89. The Morgan fingerprint density at radius 2 is 2.30 bits per heavy atom. The van der Waals surface area contributed by atoms with Crippen LogP contribution in [0.3, 0.4) is 0 Å². The highest BCUT2D eigenvalue weighted by Gasteiger charge is 1.96. The third-order valence-corrected chi connectivity index (χ3v) is 2.46. The van der Waals surface area contributed by atoms with Crippen LogP contribution in [-0.2, 0) is 0 Å². The fourth-order valence-electron chi connectivity index (χ4n) is 0.577. The van der Waals surface area contributed by atoms with Crippen LogP contribution in [0, 0.1) is 0 Å². The van der Waals surface area contributed by atoms with Crippen molar-refractivity contribution in [2.24, 2.45) is 5.73 Å². The summed E-state index contributed by atoms with van der Waals surface area (Å²) in [6.07, 6.45) is 0. The molecule has 2 nitrogen and oxygen atoms in total. The summed E-state index contributed by atoms with van der Waals surface area (Å²) >= 11 is 1.93. The van der Waals surface area contributed by atoms with Gasteiger partial charge >= 0.3 is 0 Å². The average molecular weight is 162 g/mol. The molecule has 10 heavy (non-hydrogen) atoms. The van der Waals surface area contributed by atoms with Crippen molar-refractivity contribution >= 4 is 11.8 Å². The van der Waals surface area contributed by atoms with Gasteiger partial charge in [-0.05, 0) is 6.54 Å². The Labute approximate surface area is 67.9 Å². The summed E-state index contributed by atoms with van der Waals surface area (Å²) in [5, 5.41) is 3.88. The van der Waals surface area contributed by atoms with Crippen molar-refractivity contribution in [1.82, 2.24) is 5.32 Å². The zero-order valence-corrected chi connectivity index (χ0v) is 7.71. The van der Waals surface area contributed by atoms with Crippen molar-refractivity contribution in [3.05, 3.63) is 0 Å². The van der Waals surface area contributed by atoms with Crippen molar-refractivity contribution in [2.45, 2.75) is 19.1 Å². The molecule has 0 aromatic rings. The van der Waals surface area contributed by atoms with Crippen molar-refractivity contribution in [3.8, 4) is 0 Å². The molecule has 0 rings (SSSR count). The number of hydrogen-bond acceptors (Lipinski definition) is 3.